The van der Waals surface area contributed by atoms with E-state index in [1.165, 1.54) is 12.8 Å². The molecule has 2 N–H and O–H groups in total. The lowest BCUT2D eigenvalue weighted by molar-refractivity contribution is -0.0981. The zero-order valence-corrected chi connectivity index (χ0v) is 8.84. The van der Waals surface area contributed by atoms with Gasteiger partial charge in [-0.15, -0.1) is 0 Å². The first-order chi connectivity index (χ1) is 6.09. The van der Waals surface area contributed by atoms with Crippen molar-refractivity contribution in [3.63, 3.8) is 0 Å². The van der Waals surface area contributed by atoms with Crippen molar-refractivity contribution in [1.82, 2.24) is 5.32 Å². The summed E-state index contributed by atoms with van der Waals surface area (Å²) in [5.41, 5.74) is -0.755. The molecule has 0 saturated carbocycles. The van der Waals surface area contributed by atoms with Gasteiger partial charge in [0.1, 0.15) is 5.60 Å². The molecule has 3 nitrogen and oxygen atoms in total. The van der Waals surface area contributed by atoms with Crippen LogP contribution in [0.5, 0.6) is 0 Å². The van der Waals surface area contributed by atoms with Gasteiger partial charge in [0.25, 0.3) is 0 Å². The predicted molar refractivity (Wildman–Crippen MR) is 52.7 cm³/mol. The number of piperidine rings is 1. The van der Waals surface area contributed by atoms with Crippen LogP contribution in [0.3, 0.4) is 0 Å². The molecule has 3 heteroatoms. The van der Waals surface area contributed by atoms with E-state index in [2.05, 4.69) is 5.32 Å². The van der Waals surface area contributed by atoms with Crippen molar-refractivity contribution in [1.29, 1.82) is 0 Å². The average molecular weight is 187 g/mol. The van der Waals surface area contributed by atoms with Crippen molar-refractivity contribution in [3.05, 3.63) is 0 Å². The quantitative estimate of drug-likeness (QED) is 0.690. The largest absolute Gasteiger partial charge is 0.386 e. The fourth-order valence-corrected chi connectivity index (χ4v) is 1.87. The van der Waals surface area contributed by atoms with E-state index in [1.807, 2.05) is 13.8 Å². The Kier molecular flexibility index (Phi) is 3.71. The third-order valence-electron chi connectivity index (χ3n) is 3.19. The highest BCUT2D eigenvalue weighted by molar-refractivity contribution is 4.94. The summed E-state index contributed by atoms with van der Waals surface area (Å²) < 4.78 is 5.18. The van der Waals surface area contributed by atoms with Gasteiger partial charge in [-0.3, -0.25) is 0 Å². The van der Waals surface area contributed by atoms with Gasteiger partial charge in [0.05, 0.1) is 6.10 Å². The molecule has 1 rings (SSSR count). The Morgan fingerprint density at radius 3 is 2.69 bits per heavy atom. The molecular formula is C10H21NO2. The van der Waals surface area contributed by atoms with Crippen molar-refractivity contribution in [3.8, 4) is 0 Å². The molecular weight excluding hydrogens is 166 g/mol. The summed E-state index contributed by atoms with van der Waals surface area (Å²) >= 11 is 0. The van der Waals surface area contributed by atoms with Crippen LogP contribution in [0.4, 0.5) is 0 Å². The Morgan fingerprint density at radius 1 is 1.54 bits per heavy atom. The number of ether oxygens (including phenoxy) is 1. The molecule has 1 heterocycles. The highest BCUT2D eigenvalue weighted by Crippen LogP contribution is 2.23. The first-order valence-electron chi connectivity index (χ1n) is 5.07. The molecule has 0 aliphatic carbocycles. The summed E-state index contributed by atoms with van der Waals surface area (Å²) in [4.78, 5) is 0. The number of hydrogen-bond donors (Lipinski definition) is 2. The summed E-state index contributed by atoms with van der Waals surface area (Å²) in [7, 11) is 1.64. The Labute approximate surface area is 80.5 Å². The number of methoxy groups -OCH3 is 1. The van der Waals surface area contributed by atoms with Crippen LogP contribution >= 0.6 is 0 Å². The lowest BCUT2D eigenvalue weighted by Gasteiger charge is -2.39. The average Bonchev–Trinajstić information content (AvgIpc) is 2.18. The highest BCUT2D eigenvalue weighted by Gasteiger charge is 2.37. The lowest BCUT2D eigenvalue weighted by Crippen LogP contribution is -2.57. The monoisotopic (exact) mass is 187 g/mol. The summed E-state index contributed by atoms with van der Waals surface area (Å²) in [5, 5.41) is 13.6. The Morgan fingerprint density at radius 2 is 2.23 bits per heavy atom. The minimum absolute atomic E-state index is 0.122. The maximum absolute atomic E-state index is 10.2. The second kappa shape index (κ2) is 4.40. The second-order valence-electron chi connectivity index (χ2n) is 4.11. The van der Waals surface area contributed by atoms with Crippen LogP contribution in [0.1, 0.15) is 33.1 Å². The van der Waals surface area contributed by atoms with Crippen LogP contribution < -0.4 is 5.32 Å². The van der Waals surface area contributed by atoms with Gasteiger partial charge in [0, 0.05) is 13.2 Å². The van der Waals surface area contributed by atoms with E-state index in [4.69, 9.17) is 4.74 Å². The highest BCUT2D eigenvalue weighted by atomic mass is 16.5. The van der Waals surface area contributed by atoms with E-state index >= 15 is 0 Å². The van der Waals surface area contributed by atoms with Gasteiger partial charge in [-0.2, -0.15) is 0 Å². The Hall–Kier alpha value is -0.120. The molecule has 0 aromatic heterocycles. The Bertz CT molecular complexity index is 153. The van der Waals surface area contributed by atoms with Gasteiger partial charge in [0.2, 0.25) is 0 Å². The molecule has 1 saturated heterocycles. The molecule has 3 atom stereocenters. The summed E-state index contributed by atoms with van der Waals surface area (Å²) in [6.07, 6.45) is 3.34. The maximum Gasteiger partial charge on any atom is 0.103 e. The van der Waals surface area contributed by atoms with E-state index in [0.717, 1.165) is 13.0 Å². The normalized spacial score (nSPS) is 30.9. The third kappa shape index (κ3) is 2.42. The molecule has 0 spiro atoms. The standard InChI is InChI=1S/C10H21NO2/c1-8(13-3)10(2,12)9-6-4-5-7-11-9/h8-9,11-12H,4-7H2,1-3H3. The van der Waals surface area contributed by atoms with Crippen molar-refractivity contribution in [2.75, 3.05) is 13.7 Å². The molecule has 1 fully saturated rings. The number of rotatable bonds is 3. The molecule has 0 amide bonds. The minimum Gasteiger partial charge on any atom is -0.386 e. The van der Waals surface area contributed by atoms with Gasteiger partial charge in [-0.25, -0.2) is 0 Å². The summed E-state index contributed by atoms with van der Waals surface area (Å²) in [6, 6.07) is 0.177. The SMILES string of the molecule is COC(C)C(C)(O)C1CCCCN1. The fraction of sp³-hybridized carbons (Fsp3) is 1.00. The topological polar surface area (TPSA) is 41.5 Å². The van der Waals surface area contributed by atoms with Crippen molar-refractivity contribution < 1.29 is 9.84 Å². The third-order valence-corrected chi connectivity index (χ3v) is 3.19. The van der Waals surface area contributed by atoms with Crippen molar-refractivity contribution in [2.24, 2.45) is 0 Å². The van der Waals surface area contributed by atoms with Crippen LogP contribution in [0.2, 0.25) is 0 Å². The van der Waals surface area contributed by atoms with Gasteiger partial charge in [-0.05, 0) is 33.2 Å². The van der Waals surface area contributed by atoms with Gasteiger partial charge >= 0.3 is 0 Å². The van der Waals surface area contributed by atoms with Crippen molar-refractivity contribution >= 4 is 0 Å². The van der Waals surface area contributed by atoms with Gasteiger partial charge in [0.15, 0.2) is 0 Å². The van der Waals surface area contributed by atoms with Crippen LogP contribution in [-0.2, 0) is 4.74 Å². The predicted octanol–water partition coefficient (Wildman–Crippen LogP) is 0.914. The minimum atomic E-state index is -0.755. The second-order valence-corrected chi connectivity index (χ2v) is 4.11. The zero-order valence-electron chi connectivity index (χ0n) is 8.84. The van der Waals surface area contributed by atoms with E-state index in [-0.39, 0.29) is 12.1 Å². The first kappa shape index (κ1) is 11.0. The molecule has 0 bridgehead atoms. The molecule has 0 radical (unpaired) electrons. The fourth-order valence-electron chi connectivity index (χ4n) is 1.87. The molecule has 1 aliphatic heterocycles. The number of aliphatic hydroxyl groups is 1. The van der Waals surface area contributed by atoms with Crippen molar-refractivity contribution in [2.45, 2.75) is 50.9 Å². The van der Waals surface area contributed by atoms with Gasteiger partial charge in [-0.1, -0.05) is 6.42 Å². The lowest BCUT2D eigenvalue weighted by atomic mass is 9.85. The molecule has 0 aromatic carbocycles. The molecule has 3 unspecified atom stereocenters. The number of hydrogen-bond acceptors (Lipinski definition) is 3. The van der Waals surface area contributed by atoms with E-state index in [0.29, 0.717) is 0 Å². The zero-order chi connectivity index (χ0) is 9.90. The molecule has 1 aliphatic rings. The van der Waals surface area contributed by atoms with Gasteiger partial charge < -0.3 is 15.2 Å². The van der Waals surface area contributed by atoms with E-state index in [9.17, 15) is 5.11 Å². The smallest absolute Gasteiger partial charge is 0.103 e. The Balaban J connectivity index is 2.55. The van der Waals surface area contributed by atoms with E-state index in [1.54, 1.807) is 7.11 Å². The number of nitrogens with one attached hydrogen (secondary N) is 1. The summed E-state index contributed by atoms with van der Waals surface area (Å²) in [6.45, 7) is 4.78. The summed E-state index contributed by atoms with van der Waals surface area (Å²) in [5.74, 6) is 0. The van der Waals surface area contributed by atoms with Crippen LogP contribution in [0.15, 0.2) is 0 Å². The van der Waals surface area contributed by atoms with Crippen LogP contribution in [0, 0.1) is 0 Å². The maximum atomic E-state index is 10.2. The first-order valence-corrected chi connectivity index (χ1v) is 5.07. The molecule has 78 valence electrons. The molecule has 13 heavy (non-hydrogen) atoms. The van der Waals surface area contributed by atoms with Crippen LogP contribution in [0.25, 0.3) is 0 Å². The van der Waals surface area contributed by atoms with Crippen LogP contribution in [-0.4, -0.2) is 36.5 Å². The molecule has 0 aromatic rings. The van der Waals surface area contributed by atoms with E-state index < -0.39 is 5.60 Å².